The lowest BCUT2D eigenvalue weighted by Crippen LogP contribution is -2.46. The van der Waals surface area contributed by atoms with Crippen molar-refractivity contribution in [2.45, 2.75) is 31.5 Å². The fraction of sp³-hybridized carbons (Fsp3) is 0.600. The summed E-state index contributed by atoms with van der Waals surface area (Å²) < 4.78 is 6.25. The van der Waals surface area contributed by atoms with Crippen LogP contribution in [-0.4, -0.2) is 42.6 Å². The lowest BCUT2D eigenvalue weighted by atomic mass is 9.93. The van der Waals surface area contributed by atoms with Crippen molar-refractivity contribution in [1.82, 2.24) is 0 Å². The summed E-state index contributed by atoms with van der Waals surface area (Å²) >= 11 is 3.43. The van der Waals surface area contributed by atoms with Crippen molar-refractivity contribution in [3.8, 4) is 0 Å². The molecule has 0 aliphatic carbocycles. The van der Waals surface area contributed by atoms with Gasteiger partial charge in [0.2, 0.25) is 0 Å². The van der Waals surface area contributed by atoms with Gasteiger partial charge in [-0.3, -0.25) is 0 Å². The highest BCUT2D eigenvalue weighted by molar-refractivity contribution is 9.10. The molecule has 20 heavy (non-hydrogen) atoms. The van der Waals surface area contributed by atoms with E-state index in [0.717, 1.165) is 15.7 Å². The van der Waals surface area contributed by atoms with Gasteiger partial charge < -0.3 is 19.8 Å². The van der Waals surface area contributed by atoms with Gasteiger partial charge in [-0.2, -0.15) is 0 Å². The van der Waals surface area contributed by atoms with Crippen molar-refractivity contribution in [2.24, 2.45) is 0 Å². The molecule has 0 bridgehead atoms. The quantitative estimate of drug-likeness (QED) is 0.881. The number of likely N-dealkylation sites (N-methyl/N-ethyl adjacent to an activating group) is 1. The number of hydrogen-bond acceptors (Lipinski definition) is 4. The van der Waals surface area contributed by atoms with E-state index in [1.54, 1.807) is 6.92 Å². The molecule has 1 atom stereocenters. The van der Waals surface area contributed by atoms with Crippen LogP contribution < -0.4 is 4.90 Å². The van der Waals surface area contributed by atoms with Crippen LogP contribution in [0.25, 0.3) is 0 Å². The molecule has 1 aromatic rings. The second kappa shape index (κ2) is 6.43. The normalized spacial score (nSPS) is 19.6. The SMILES string of the molecule is CC(O)c1cc(Br)ccc1N(C)CC1(O)CCOCC1. The van der Waals surface area contributed by atoms with Crippen molar-refractivity contribution in [1.29, 1.82) is 0 Å². The summed E-state index contributed by atoms with van der Waals surface area (Å²) in [5.74, 6) is 0. The van der Waals surface area contributed by atoms with Crippen LogP contribution in [0.1, 0.15) is 31.4 Å². The van der Waals surface area contributed by atoms with Crippen LogP contribution in [0.5, 0.6) is 0 Å². The Hall–Kier alpha value is -0.620. The van der Waals surface area contributed by atoms with Gasteiger partial charge in [0.1, 0.15) is 0 Å². The van der Waals surface area contributed by atoms with Crippen LogP contribution in [0, 0.1) is 0 Å². The van der Waals surface area contributed by atoms with Crippen LogP contribution in [0.2, 0.25) is 0 Å². The minimum Gasteiger partial charge on any atom is -0.389 e. The van der Waals surface area contributed by atoms with E-state index in [4.69, 9.17) is 4.74 Å². The Balaban J connectivity index is 2.18. The van der Waals surface area contributed by atoms with Crippen molar-refractivity contribution in [2.75, 3.05) is 31.7 Å². The van der Waals surface area contributed by atoms with Crippen LogP contribution in [0.3, 0.4) is 0 Å². The molecule has 1 aliphatic heterocycles. The lowest BCUT2D eigenvalue weighted by Gasteiger charge is -2.37. The largest absolute Gasteiger partial charge is 0.389 e. The maximum atomic E-state index is 10.6. The Kier molecular flexibility index (Phi) is 5.07. The first-order chi connectivity index (χ1) is 9.41. The molecular weight excluding hydrogens is 322 g/mol. The first kappa shape index (κ1) is 15.8. The van der Waals surface area contributed by atoms with Gasteiger partial charge in [0.15, 0.2) is 0 Å². The number of aliphatic hydroxyl groups is 2. The zero-order valence-corrected chi connectivity index (χ0v) is 13.6. The van der Waals surface area contributed by atoms with Gasteiger partial charge in [-0.25, -0.2) is 0 Å². The summed E-state index contributed by atoms with van der Waals surface area (Å²) in [5, 5.41) is 20.5. The summed E-state index contributed by atoms with van der Waals surface area (Å²) in [6.45, 7) is 3.50. The highest BCUT2D eigenvalue weighted by atomic mass is 79.9. The van der Waals surface area contributed by atoms with Crippen LogP contribution in [0.4, 0.5) is 5.69 Å². The molecule has 4 nitrogen and oxygen atoms in total. The maximum Gasteiger partial charge on any atom is 0.0865 e. The van der Waals surface area contributed by atoms with Crippen molar-refractivity contribution < 1.29 is 14.9 Å². The standard InChI is InChI=1S/C15H22BrNO3/c1-11(18)13-9-12(16)3-4-14(13)17(2)10-15(19)5-7-20-8-6-15/h3-4,9,11,18-19H,5-8,10H2,1-2H3. The predicted molar refractivity (Wildman–Crippen MR) is 83.0 cm³/mol. The number of anilines is 1. The molecule has 1 saturated heterocycles. The Morgan fingerprint density at radius 3 is 2.65 bits per heavy atom. The third-order valence-corrected chi connectivity index (χ3v) is 4.30. The van der Waals surface area contributed by atoms with E-state index in [1.807, 2.05) is 30.1 Å². The smallest absolute Gasteiger partial charge is 0.0865 e. The highest BCUT2D eigenvalue weighted by Crippen LogP contribution is 2.31. The number of rotatable bonds is 4. The summed E-state index contributed by atoms with van der Waals surface area (Å²) in [6.07, 6.45) is 0.754. The number of halogens is 1. The minimum atomic E-state index is -0.712. The van der Waals surface area contributed by atoms with E-state index in [9.17, 15) is 10.2 Å². The van der Waals surface area contributed by atoms with E-state index in [1.165, 1.54) is 0 Å². The number of hydrogen-bond donors (Lipinski definition) is 2. The van der Waals surface area contributed by atoms with Crippen molar-refractivity contribution in [3.63, 3.8) is 0 Å². The average molecular weight is 344 g/mol. The molecule has 5 heteroatoms. The predicted octanol–water partition coefficient (Wildman–Crippen LogP) is 2.48. The molecule has 112 valence electrons. The number of benzene rings is 1. The van der Waals surface area contributed by atoms with Crippen molar-refractivity contribution in [3.05, 3.63) is 28.2 Å². The fourth-order valence-corrected chi connectivity index (χ4v) is 3.02. The molecular formula is C15H22BrNO3. The molecule has 1 unspecified atom stereocenters. The molecule has 2 rings (SSSR count). The van der Waals surface area contributed by atoms with Gasteiger partial charge in [0.05, 0.1) is 11.7 Å². The van der Waals surface area contributed by atoms with E-state index >= 15 is 0 Å². The molecule has 1 fully saturated rings. The Bertz CT molecular complexity index is 458. The molecule has 2 N–H and O–H groups in total. The highest BCUT2D eigenvalue weighted by Gasteiger charge is 2.31. The topological polar surface area (TPSA) is 52.9 Å². The Morgan fingerprint density at radius 1 is 1.40 bits per heavy atom. The van der Waals surface area contributed by atoms with E-state index in [-0.39, 0.29) is 0 Å². The van der Waals surface area contributed by atoms with Crippen molar-refractivity contribution >= 4 is 21.6 Å². The molecule has 0 spiro atoms. The minimum absolute atomic E-state index is 0.539. The van der Waals surface area contributed by atoms with Gasteiger partial charge >= 0.3 is 0 Å². The van der Waals surface area contributed by atoms with E-state index < -0.39 is 11.7 Å². The van der Waals surface area contributed by atoms with Crippen LogP contribution >= 0.6 is 15.9 Å². The number of aliphatic hydroxyl groups excluding tert-OH is 1. The molecule has 1 heterocycles. The third-order valence-electron chi connectivity index (χ3n) is 3.81. The average Bonchev–Trinajstić information content (AvgIpc) is 2.38. The third kappa shape index (κ3) is 3.73. The number of nitrogens with zero attached hydrogens (tertiary/aromatic N) is 1. The van der Waals surface area contributed by atoms with Crippen LogP contribution in [-0.2, 0) is 4.74 Å². The second-order valence-electron chi connectivity index (χ2n) is 5.57. The maximum absolute atomic E-state index is 10.6. The zero-order chi connectivity index (χ0) is 14.8. The van der Waals surface area contributed by atoms with Crippen LogP contribution in [0.15, 0.2) is 22.7 Å². The van der Waals surface area contributed by atoms with E-state index in [2.05, 4.69) is 15.9 Å². The summed E-state index contributed by atoms with van der Waals surface area (Å²) in [5.41, 5.74) is 1.09. The molecule has 0 radical (unpaired) electrons. The molecule has 0 amide bonds. The van der Waals surface area contributed by atoms with Gasteiger partial charge in [-0.05, 0) is 25.1 Å². The first-order valence-electron chi connectivity index (χ1n) is 6.90. The summed E-state index contributed by atoms with van der Waals surface area (Å²) in [6, 6.07) is 5.84. The van der Waals surface area contributed by atoms with Gasteiger partial charge in [0, 0.05) is 55.4 Å². The molecule has 0 saturated carbocycles. The second-order valence-corrected chi connectivity index (χ2v) is 6.49. The number of ether oxygens (including phenoxy) is 1. The molecule has 1 aromatic carbocycles. The zero-order valence-electron chi connectivity index (χ0n) is 12.0. The first-order valence-corrected chi connectivity index (χ1v) is 7.69. The summed E-state index contributed by atoms with van der Waals surface area (Å²) in [7, 11) is 1.95. The summed E-state index contributed by atoms with van der Waals surface area (Å²) in [4.78, 5) is 2.01. The Labute approximate surface area is 128 Å². The van der Waals surface area contributed by atoms with Gasteiger partial charge in [-0.15, -0.1) is 0 Å². The van der Waals surface area contributed by atoms with E-state index in [0.29, 0.717) is 32.6 Å². The fourth-order valence-electron chi connectivity index (χ4n) is 2.64. The monoisotopic (exact) mass is 343 g/mol. The molecule has 1 aliphatic rings. The van der Waals surface area contributed by atoms with Gasteiger partial charge in [0.25, 0.3) is 0 Å². The lowest BCUT2D eigenvalue weighted by molar-refractivity contribution is -0.0573. The molecule has 0 aromatic heterocycles. The van der Waals surface area contributed by atoms with Gasteiger partial charge in [-0.1, -0.05) is 15.9 Å². The Morgan fingerprint density at radius 2 is 2.05 bits per heavy atom.